The molecule has 0 aromatic carbocycles. The van der Waals surface area contributed by atoms with Crippen molar-refractivity contribution in [2.45, 2.75) is 0 Å². The molecule has 0 unspecified atom stereocenters. The Kier molecular flexibility index (Phi) is 589. The Morgan fingerprint density at radius 2 is 0.250 bits per heavy atom. The number of hydrogen-bond acceptors (Lipinski definition) is 0. The summed E-state index contributed by atoms with van der Waals surface area (Å²) in [5, 5.41) is 0. The van der Waals surface area contributed by atoms with Crippen molar-refractivity contribution in [2.75, 3.05) is 0 Å². The van der Waals surface area contributed by atoms with Crippen LogP contribution in [0.25, 0.3) is 0 Å². The Hall–Kier alpha value is 4.74. The number of rotatable bonds is 0. The molecule has 8 radical (unpaired) electrons. The van der Waals surface area contributed by atoms with E-state index in [0.717, 1.165) is 0 Å². The largest absolute Gasteiger partial charge is 0 e. The first-order chi connectivity index (χ1) is 0. The van der Waals surface area contributed by atoms with Gasteiger partial charge in [0.25, 0.3) is 0 Å². The molecule has 0 fully saturated rings. The third-order valence-corrected chi connectivity index (χ3v) is 0. The van der Waals surface area contributed by atoms with Crippen LogP contribution in [-0.2, 0) is 152 Å². The van der Waals surface area contributed by atoms with Crippen LogP contribution in [0.3, 0.4) is 0 Å². The summed E-state index contributed by atoms with van der Waals surface area (Å²) >= 11 is 0. The summed E-state index contributed by atoms with van der Waals surface area (Å²) in [6.45, 7) is 0. The maximum atomic E-state index is 0. The first-order valence-electron chi connectivity index (χ1n) is 0. The van der Waals surface area contributed by atoms with Gasteiger partial charge in [0.15, 0.2) is 0 Å². The van der Waals surface area contributed by atoms with Crippen molar-refractivity contribution >= 4 is 0 Å². The molecule has 0 heterocycles. The molecule has 0 N–H and O–H groups in total. The van der Waals surface area contributed by atoms with E-state index in [4.69, 9.17) is 0 Å². The maximum Gasteiger partial charge on any atom is 0 e. The summed E-state index contributed by atoms with van der Waals surface area (Å²) in [5.41, 5.74) is 0. The molecule has 0 aliphatic heterocycles. The van der Waals surface area contributed by atoms with Crippen LogP contribution in [0.2, 0.25) is 0 Å². The van der Waals surface area contributed by atoms with Gasteiger partial charge in [0, 0.05) is 152 Å². The smallest absolute Gasteiger partial charge is 0 e. The molecular formula is Cu7Y. The average molecular weight is 534 g/mol. The summed E-state index contributed by atoms with van der Waals surface area (Å²) in [5.74, 6) is 0. The first kappa shape index (κ1) is 78.2. The normalized spacial score (nSPS) is 0. The van der Waals surface area contributed by atoms with E-state index >= 15 is 0 Å². The minimum atomic E-state index is 0. The van der Waals surface area contributed by atoms with Crippen molar-refractivity contribution in [3.8, 4) is 0 Å². The molecule has 0 saturated heterocycles. The van der Waals surface area contributed by atoms with Gasteiger partial charge in [-0.05, 0) is 0 Å². The molecule has 0 amide bonds. The van der Waals surface area contributed by atoms with E-state index in [9.17, 15) is 0 Å². The summed E-state index contributed by atoms with van der Waals surface area (Å²) in [4.78, 5) is 0. The molecule has 0 aliphatic rings. The Balaban J connectivity index is 0. The van der Waals surface area contributed by atoms with Crippen LogP contribution in [-0.4, -0.2) is 0 Å². The maximum absolute atomic E-state index is 0. The molecule has 0 nitrogen and oxygen atoms in total. The molecule has 0 aromatic rings. The molecule has 0 aromatic heterocycles. The van der Waals surface area contributed by atoms with Crippen LogP contribution in [0.4, 0.5) is 0 Å². The van der Waals surface area contributed by atoms with E-state index in [1.54, 1.807) is 0 Å². The van der Waals surface area contributed by atoms with Gasteiger partial charge < -0.3 is 0 Å². The van der Waals surface area contributed by atoms with Crippen molar-refractivity contribution in [1.82, 2.24) is 0 Å². The van der Waals surface area contributed by atoms with Crippen LogP contribution in [0.5, 0.6) is 0 Å². The first-order valence-corrected chi connectivity index (χ1v) is 0. The minimum absolute atomic E-state index is 0. The summed E-state index contributed by atoms with van der Waals surface area (Å²) in [6.07, 6.45) is 0. The van der Waals surface area contributed by atoms with Gasteiger partial charge >= 0.3 is 0 Å². The average Bonchev–Trinajstić information content (AvgIpc) is 0. The van der Waals surface area contributed by atoms with Crippen LogP contribution < -0.4 is 0 Å². The predicted octanol–water partition coefficient (Wildman–Crippen LogP) is -0.0200. The number of hydrogen-bond donors (Lipinski definition) is 0. The third kappa shape index (κ3) is 45.3. The second kappa shape index (κ2) is 60.3. The zero-order chi connectivity index (χ0) is 0. The SMILES string of the molecule is [Cu].[Cu].[Cu].[Cu].[Cu].[Cu].[Cu].[Y]. The molecule has 0 rings (SSSR count). The van der Waals surface area contributed by atoms with E-state index in [-0.39, 0.29) is 152 Å². The van der Waals surface area contributed by atoms with Gasteiger partial charge in [-0.2, -0.15) is 0 Å². The predicted molar refractivity (Wildman–Crippen MR) is 0 cm³/mol. The van der Waals surface area contributed by atoms with E-state index in [1.807, 2.05) is 0 Å². The van der Waals surface area contributed by atoms with Crippen molar-refractivity contribution in [3.63, 3.8) is 0 Å². The molecule has 8 heteroatoms. The standard InChI is InChI=1S/7Cu.Y. The van der Waals surface area contributed by atoms with E-state index in [0.29, 0.717) is 0 Å². The van der Waals surface area contributed by atoms with Crippen molar-refractivity contribution in [1.29, 1.82) is 0 Å². The van der Waals surface area contributed by atoms with E-state index in [1.165, 1.54) is 0 Å². The van der Waals surface area contributed by atoms with Gasteiger partial charge in [-0.1, -0.05) is 0 Å². The Morgan fingerprint density at radius 3 is 0.250 bits per heavy atom. The fraction of sp³-hybridized carbons (Fsp3) is 0. The quantitative estimate of drug-likeness (QED) is 0.384. The van der Waals surface area contributed by atoms with Crippen molar-refractivity contribution < 1.29 is 152 Å². The zero-order valence-electron chi connectivity index (χ0n) is 2.69. The van der Waals surface area contributed by atoms with Crippen molar-refractivity contribution in [3.05, 3.63) is 0 Å². The van der Waals surface area contributed by atoms with Crippen LogP contribution in [0.15, 0.2) is 0 Å². The van der Waals surface area contributed by atoms with Gasteiger partial charge in [0.05, 0.1) is 0 Å². The third-order valence-electron chi connectivity index (χ3n) is 0. The molecule has 0 aliphatic carbocycles. The summed E-state index contributed by atoms with van der Waals surface area (Å²) in [7, 11) is 0. The fourth-order valence-electron chi connectivity index (χ4n) is 0. The van der Waals surface area contributed by atoms with Gasteiger partial charge in [-0.15, -0.1) is 0 Å². The molecule has 8 heavy (non-hydrogen) atoms. The van der Waals surface area contributed by atoms with E-state index in [2.05, 4.69) is 0 Å². The second-order valence-corrected chi connectivity index (χ2v) is 0. The monoisotopic (exact) mass is 529 g/mol. The second-order valence-electron chi connectivity index (χ2n) is 0. The van der Waals surface area contributed by atoms with Gasteiger partial charge in [-0.25, -0.2) is 0 Å². The molecule has 0 bridgehead atoms. The summed E-state index contributed by atoms with van der Waals surface area (Å²) in [6, 6.07) is 0. The molecule has 0 spiro atoms. The van der Waals surface area contributed by atoms with Crippen LogP contribution in [0, 0.1) is 0 Å². The minimum Gasteiger partial charge on any atom is 0 e. The molecule has 0 saturated carbocycles. The van der Waals surface area contributed by atoms with Crippen molar-refractivity contribution in [2.24, 2.45) is 0 Å². The van der Waals surface area contributed by atoms with Gasteiger partial charge in [0.1, 0.15) is 0 Å². The summed E-state index contributed by atoms with van der Waals surface area (Å²) < 4.78 is 0. The van der Waals surface area contributed by atoms with Crippen LogP contribution >= 0.6 is 0 Å². The Morgan fingerprint density at radius 1 is 0.250 bits per heavy atom. The Bertz CT molecular complexity index is 4.35. The molecule has 0 atom stereocenters. The fourth-order valence-corrected chi connectivity index (χ4v) is 0. The van der Waals surface area contributed by atoms with E-state index < -0.39 is 0 Å². The van der Waals surface area contributed by atoms with Gasteiger partial charge in [-0.3, -0.25) is 0 Å². The van der Waals surface area contributed by atoms with Crippen LogP contribution in [0.1, 0.15) is 0 Å². The molecular weight excluding hydrogens is 534 g/mol. The molecule has 80 valence electrons. The zero-order valence-corrected chi connectivity index (χ0v) is 12.1. The van der Waals surface area contributed by atoms with Gasteiger partial charge in [0.2, 0.25) is 0 Å². The topological polar surface area (TPSA) is 0 Å². The Labute approximate surface area is 149 Å².